The normalized spacial score (nSPS) is 12.0. The third-order valence-electron chi connectivity index (χ3n) is 2.04. The number of sulfonamides is 1. The van der Waals surface area contributed by atoms with Crippen molar-refractivity contribution in [1.29, 1.82) is 0 Å². The average Bonchev–Trinajstić information content (AvgIpc) is 2.41. The van der Waals surface area contributed by atoms with Crippen LogP contribution in [0.15, 0.2) is 4.90 Å². The maximum Gasteiger partial charge on any atom is 0.256 e. The van der Waals surface area contributed by atoms with Crippen LogP contribution in [-0.4, -0.2) is 18.2 Å². The first-order valence-electron chi connectivity index (χ1n) is 4.20. The lowest BCUT2D eigenvalue weighted by atomic mass is 10.4. The van der Waals surface area contributed by atoms with E-state index in [0.29, 0.717) is 17.9 Å². The Morgan fingerprint density at radius 3 is 2.43 bits per heavy atom. The molecule has 80 valence electrons. The van der Waals surface area contributed by atoms with Crippen molar-refractivity contribution in [1.82, 2.24) is 14.6 Å². The maximum atomic E-state index is 11.5. The van der Waals surface area contributed by atoms with Crippen LogP contribution in [-0.2, 0) is 16.6 Å². The molecule has 0 spiro atoms. The molecule has 0 radical (unpaired) electrons. The minimum atomic E-state index is -3.60. The highest BCUT2D eigenvalue weighted by molar-refractivity contribution is 7.89. The predicted molar refractivity (Wildman–Crippen MR) is 51.9 cm³/mol. The molecule has 0 aliphatic rings. The third-order valence-corrected chi connectivity index (χ3v) is 3.48. The van der Waals surface area contributed by atoms with Gasteiger partial charge in [-0.3, -0.25) is 10.5 Å². The molecule has 0 atom stereocenters. The van der Waals surface area contributed by atoms with E-state index in [-0.39, 0.29) is 4.90 Å². The Labute approximate surface area is 83.1 Å². The minimum Gasteiger partial charge on any atom is -0.268 e. The molecule has 14 heavy (non-hydrogen) atoms. The van der Waals surface area contributed by atoms with Crippen LogP contribution in [0.5, 0.6) is 0 Å². The highest BCUT2D eigenvalue weighted by Gasteiger charge is 2.22. The van der Waals surface area contributed by atoms with Crippen LogP contribution >= 0.6 is 0 Å². The van der Waals surface area contributed by atoms with Crippen LogP contribution in [0.4, 0.5) is 0 Å². The largest absolute Gasteiger partial charge is 0.268 e. The van der Waals surface area contributed by atoms with Gasteiger partial charge in [-0.25, -0.2) is 8.42 Å². The molecule has 0 aliphatic heterocycles. The van der Waals surface area contributed by atoms with E-state index in [0.717, 1.165) is 0 Å². The number of hydrazine groups is 1. The van der Waals surface area contributed by atoms with Gasteiger partial charge in [0, 0.05) is 6.54 Å². The molecule has 0 saturated carbocycles. The predicted octanol–water partition coefficient (Wildman–Crippen LogP) is -0.328. The second-order valence-corrected chi connectivity index (χ2v) is 4.59. The summed E-state index contributed by atoms with van der Waals surface area (Å²) in [5, 5.41) is 4.08. The van der Waals surface area contributed by atoms with E-state index in [1.807, 2.05) is 6.92 Å². The van der Waals surface area contributed by atoms with Crippen LogP contribution in [0.1, 0.15) is 18.3 Å². The van der Waals surface area contributed by atoms with Gasteiger partial charge in [0.25, 0.3) is 10.0 Å². The third kappa shape index (κ3) is 1.66. The summed E-state index contributed by atoms with van der Waals surface area (Å²) in [5.41, 5.74) is 1.06. The topological polar surface area (TPSA) is 90.0 Å². The van der Waals surface area contributed by atoms with Crippen LogP contribution in [0.3, 0.4) is 0 Å². The zero-order valence-corrected chi connectivity index (χ0v) is 9.22. The highest BCUT2D eigenvalue weighted by Crippen LogP contribution is 2.18. The molecule has 1 aromatic heterocycles. The maximum absolute atomic E-state index is 11.5. The lowest BCUT2D eigenvalue weighted by Crippen LogP contribution is -2.31. The molecule has 0 fully saturated rings. The van der Waals surface area contributed by atoms with E-state index < -0.39 is 10.0 Å². The van der Waals surface area contributed by atoms with Crippen molar-refractivity contribution in [2.24, 2.45) is 5.84 Å². The molecule has 3 N–H and O–H groups in total. The van der Waals surface area contributed by atoms with Gasteiger partial charge in [-0.15, -0.1) is 4.83 Å². The average molecular weight is 218 g/mol. The molecule has 0 aliphatic carbocycles. The number of aromatic nitrogens is 2. The summed E-state index contributed by atoms with van der Waals surface area (Å²) in [6.07, 6.45) is 0. The Morgan fingerprint density at radius 1 is 1.50 bits per heavy atom. The van der Waals surface area contributed by atoms with Gasteiger partial charge in [0.15, 0.2) is 0 Å². The first-order valence-corrected chi connectivity index (χ1v) is 5.68. The summed E-state index contributed by atoms with van der Waals surface area (Å²) in [6, 6.07) is 0. The summed E-state index contributed by atoms with van der Waals surface area (Å²) in [4.78, 5) is 1.96. The summed E-state index contributed by atoms with van der Waals surface area (Å²) < 4.78 is 24.6. The SMILES string of the molecule is CCn1nc(C)c(S(=O)(=O)NN)c1C. The van der Waals surface area contributed by atoms with Gasteiger partial charge in [-0.1, -0.05) is 0 Å². The molecular weight excluding hydrogens is 204 g/mol. The monoisotopic (exact) mass is 218 g/mol. The van der Waals surface area contributed by atoms with Crippen molar-refractivity contribution in [2.75, 3.05) is 0 Å². The molecule has 1 rings (SSSR count). The molecule has 1 heterocycles. The molecular formula is C7H14N4O2S. The number of nitrogens with two attached hydrogens (primary N) is 1. The van der Waals surface area contributed by atoms with Crippen molar-refractivity contribution < 1.29 is 8.42 Å². The van der Waals surface area contributed by atoms with Gasteiger partial charge in [0.05, 0.1) is 11.4 Å². The fourth-order valence-corrected chi connectivity index (χ4v) is 2.48. The fourth-order valence-electron chi connectivity index (χ4n) is 1.44. The molecule has 0 aromatic carbocycles. The fraction of sp³-hybridized carbons (Fsp3) is 0.571. The quantitative estimate of drug-likeness (QED) is 0.537. The van der Waals surface area contributed by atoms with Gasteiger partial charge < -0.3 is 0 Å². The summed E-state index contributed by atoms with van der Waals surface area (Å²) in [7, 11) is -3.60. The van der Waals surface area contributed by atoms with Crippen LogP contribution < -0.4 is 10.7 Å². The van der Waals surface area contributed by atoms with Gasteiger partial charge in [0.1, 0.15) is 4.90 Å². The van der Waals surface area contributed by atoms with Crippen molar-refractivity contribution in [3.63, 3.8) is 0 Å². The van der Waals surface area contributed by atoms with Crippen LogP contribution in [0.25, 0.3) is 0 Å². The minimum absolute atomic E-state index is 0.168. The Morgan fingerprint density at radius 2 is 2.07 bits per heavy atom. The van der Waals surface area contributed by atoms with Crippen molar-refractivity contribution in [2.45, 2.75) is 32.2 Å². The van der Waals surface area contributed by atoms with Gasteiger partial charge in [-0.2, -0.15) is 5.10 Å². The first-order chi connectivity index (χ1) is 6.44. The van der Waals surface area contributed by atoms with E-state index >= 15 is 0 Å². The highest BCUT2D eigenvalue weighted by atomic mass is 32.2. The molecule has 0 bridgehead atoms. The van der Waals surface area contributed by atoms with E-state index in [9.17, 15) is 8.42 Å². The Kier molecular flexibility index (Phi) is 2.93. The number of nitrogens with zero attached hydrogens (tertiary/aromatic N) is 2. The zero-order valence-electron chi connectivity index (χ0n) is 8.40. The Balaban J connectivity index is 3.43. The number of hydrogen-bond acceptors (Lipinski definition) is 4. The number of nitrogens with one attached hydrogen (secondary N) is 1. The standard InChI is InChI=1S/C7H14N4O2S/c1-4-11-6(3)7(5(2)9-11)14(12,13)10-8/h10H,4,8H2,1-3H3. The molecule has 0 amide bonds. The molecule has 0 saturated heterocycles. The molecule has 1 aromatic rings. The Hall–Kier alpha value is -0.920. The van der Waals surface area contributed by atoms with E-state index in [4.69, 9.17) is 5.84 Å². The lowest BCUT2D eigenvalue weighted by Gasteiger charge is -2.02. The molecule has 6 nitrogen and oxygen atoms in total. The zero-order chi connectivity index (χ0) is 10.9. The second-order valence-electron chi connectivity index (χ2n) is 2.94. The van der Waals surface area contributed by atoms with Crippen LogP contribution in [0, 0.1) is 13.8 Å². The first kappa shape index (κ1) is 11.2. The lowest BCUT2D eigenvalue weighted by molar-refractivity contribution is 0.581. The number of aryl methyl sites for hydroxylation is 2. The summed E-state index contributed by atoms with van der Waals surface area (Å²) in [6.45, 7) is 5.87. The molecule has 0 unspecified atom stereocenters. The number of rotatable bonds is 3. The van der Waals surface area contributed by atoms with E-state index in [2.05, 4.69) is 5.10 Å². The van der Waals surface area contributed by atoms with Gasteiger partial charge in [0.2, 0.25) is 0 Å². The molecule has 7 heteroatoms. The van der Waals surface area contributed by atoms with E-state index in [1.54, 1.807) is 23.4 Å². The summed E-state index contributed by atoms with van der Waals surface area (Å²) >= 11 is 0. The summed E-state index contributed by atoms with van der Waals surface area (Å²) in [5.74, 6) is 4.95. The van der Waals surface area contributed by atoms with Crippen LogP contribution in [0.2, 0.25) is 0 Å². The Bertz CT molecular complexity index is 435. The smallest absolute Gasteiger partial charge is 0.256 e. The van der Waals surface area contributed by atoms with Crippen molar-refractivity contribution in [3.8, 4) is 0 Å². The second kappa shape index (κ2) is 3.68. The van der Waals surface area contributed by atoms with Gasteiger partial charge >= 0.3 is 0 Å². The van der Waals surface area contributed by atoms with Gasteiger partial charge in [-0.05, 0) is 20.8 Å². The van der Waals surface area contributed by atoms with Crippen molar-refractivity contribution in [3.05, 3.63) is 11.4 Å². The van der Waals surface area contributed by atoms with E-state index in [1.165, 1.54) is 0 Å². The van der Waals surface area contributed by atoms with Crippen molar-refractivity contribution >= 4 is 10.0 Å². The number of hydrogen-bond donors (Lipinski definition) is 2.